The summed E-state index contributed by atoms with van der Waals surface area (Å²) in [7, 11) is 0. The van der Waals surface area contributed by atoms with E-state index in [1.54, 1.807) is 0 Å². The molecule has 0 spiro atoms. The molecule has 0 aromatic heterocycles. The van der Waals surface area contributed by atoms with Crippen LogP contribution in [0.25, 0.3) is 0 Å². The molecule has 0 aromatic carbocycles. The zero-order valence-corrected chi connectivity index (χ0v) is 13.1. The summed E-state index contributed by atoms with van der Waals surface area (Å²) < 4.78 is 5.42. The van der Waals surface area contributed by atoms with Crippen LogP contribution < -0.4 is 10.6 Å². The molecule has 1 saturated carbocycles. The van der Waals surface area contributed by atoms with Crippen LogP contribution in [0.2, 0.25) is 0 Å². The van der Waals surface area contributed by atoms with Gasteiger partial charge in [0.1, 0.15) is 11.1 Å². The lowest BCUT2D eigenvalue weighted by Gasteiger charge is -2.31. The Bertz CT molecular complexity index is 465. The fourth-order valence-corrected chi connectivity index (χ4v) is 2.85. The zero-order valence-electron chi connectivity index (χ0n) is 13.1. The van der Waals surface area contributed by atoms with Gasteiger partial charge in [-0.15, -0.1) is 0 Å². The first kappa shape index (κ1) is 15.8. The van der Waals surface area contributed by atoms with Crippen LogP contribution in [0, 0.1) is 11.8 Å². The third-order valence-corrected chi connectivity index (χ3v) is 4.04. The van der Waals surface area contributed by atoms with Crippen molar-refractivity contribution in [3.05, 3.63) is 0 Å². The number of ether oxygens (including phenoxy) is 1. The third kappa shape index (κ3) is 3.36. The van der Waals surface area contributed by atoms with Gasteiger partial charge in [0.05, 0.1) is 5.92 Å². The minimum Gasteiger partial charge on any atom is -0.460 e. The highest BCUT2D eigenvalue weighted by molar-refractivity contribution is 6.07. The van der Waals surface area contributed by atoms with Crippen LogP contribution in [-0.4, -0.2) is 29.0 Å². The van der Waals surface area contributed by atoms with E-state index in [1.165, 1.54) is 0 Å². The largest absolute Gasteiger partial charge is 0.460 e. The Balaban J connectivity index is 2.14. The maximum absolute atomic E-state index is 12.3. The summed E-state index contributed by atoms with van der Waals surface area (Å²) in [5.41, 5.74) is -1.49. The molecule has 0 radical (unpaired) electrons. The van der Waals surface area contributed by atoms with Gasteiger partial charge in [0.2, 0.25) is 0 Å². The molecule has 2 unspecified atom stereocenters. The standard InChI is InChI=1S/C15H24N2O4/c1-5-9(11(18)21-14(2,3)4)8-15(10-6-7-10)12(19)16-13(20)17-15/h9-10H,5-8H2,1-4H3,(H2,16,17,19,20). The molecule has 2 rings (SSSR count). The van der Waals surface area contributed by atoms with E-state index in [9.17, 15) is 14.4 Å². The number of nitrogens with one attached hydrogen (secondary N) is 2. The van der Waals surface area contributed by atoms with E-state index >= 15 is 0 Å². The average Bonchev–Trinajstić information content (AvgIpc) is 3.12. The van der Waals surface area contributed by atoms with Gasteiger partial charge in [-0.2, -0.15) is 0 Å². The van der Waals surface area contributed by atoms with E-state index in [1.807, 2.05) is 27.7 Å². The van der Waals surface area contributed by atoms with Gasteiger partial charge in [-0.05, 0) is 52.4 Å². The summed E-state index contributed by atoms with van der Waals surface area (Å²) in [6, 6.07) is -0.467. The molecule has 2 N–H and O–H groups in total. The van der Waals surface area contributed by atoms with Crippen LogP contribution in [0.4, 0.5) is 4.79 Å². The van der Waals surface area contributed by atoms with Gasteiger partial charge >= 0.3 is 12.0 Å². The Hall–Kier alpha value is -1.59. The number of esters is 1. The molecule has 1 saturated heterocycles. The van der Waals surface area contributed by atoms with Gasteiger partial charge in [-0.25, -0.2) is 4.79 Å². The van der Waals surface area contributed by atoms with Gasteiger partial charge in [-0.3, -0.25) is 14.9 Å². The van der Waals surface area contributed by atoms with Crippen LogP contribution in [0.1, 0.15) is 53.4 Å². The first-order valence-corrected chi connectivity index (χ1v) is 7.54. The van der Waals surface area contributed by atoms with Crippen LogP contribution >= 0.6 is 0 Å². The van der Waals surface area contributed by atoms with Crippen molar-refractivity contribution in [2.75, 3.05) is 0 Å². The molecule has 3 amide bonds. The van der Waals surface area contributed by atoms with E-state index in [0.29, 0.717) is 12.8 Å². The smallest absolute Gasteiger partial charge is 0.322 e. The number of carbonyl (C=O) groups is 3. The topological polar surface area (TPSA) is 84.5 Å². The average molecular weight is 296 g/mol. The molecule has 6 nitrogen and oxygen atoms in total. The van der Waals surface area contributed by atoms with E-state index in [4.69, 9.17) is 4.74 Å². The quantitative estimate of drug-likeness (QED) is 0.598. The highest BCUT2D eigenvalue weighted by Gasteiger charge is 2.57. The molecule has 2 atom stereocenters. The summed E-state index contributed by atoms with van der Waals surface area (Å²) in [5.74, 6) is -0.884. The first-order valence-electron chi connectivity index (χ1n) is 7.54. The fourth-order valence-electron chi connectivity index (χ4n) is 2.85. The van der Waals surface area contributed by atoms with Crippen molar-refractivity contribution in [2.24, 2.45) is 11.8 Å². The number of imide groups is 1. The highest BCUT2D eigenvalue weighted by atomic mass is 16.6. The molecule has 6 heteroatoms. The molecule has 1 aliphatic heterocycles. The zero-order chi connectivity index (χ0) is 15.8. The predicted octanol–water partition coefficient (Wildman–Crippen LogP) is 1.73. The van der Waals surface area contributed by atoms with Gasteiger partial charge in [0, 0.05) is 0 Å². The fraction of sp³-hybridized carbons (Fsp3) is 0.800. The molecule has 1 aliphatic carbocycles. The van der Waals surface area contributed by atoms with Crippen molar-refractivity contribution in [1.29, 1.82) is 0 Å². The maximum atomic E-state index is 12.3. The summed E-state index contributed by atoms with van der Waals surface area (Å²) in [5, 5.41) is 5.06. The lowest BCUT2D eigenvalue weighted by molar-refractivity contribution is -0.161. The van der Waals surface area contributed by atoms with Crippen LogP contribution in [0.15, 0.2) is 0 Å². The maximum Gasteiger partial charge on any atom is 0.322 e. The van der Waals surface area contributed by atoms with E-state index in [-0.39, 0.29) is 17.8 Å². The van der Waals surface area contributed by atoms with E-state index in [0.717, 1.165) is 12.8 Å². The lowest BCUT2D eigenvalue weighted by Crippen LogP contribution is -2.51. The van der Waals surface area contributed by atoms with Crippen molar-refractivity contribution in [3.63, 3.8) is 0 Å². The van der Waals surface area contributed by atoms with Gasteiger partial charge < -0.3 is 10.1 Å². The van der Waals surface area contributed by atoms with Gasteiger partial charge in [-0.1, -0.05) is 6.92 Å². The van der Waals surface area contributed by atoms with Crippen molar-refractivity contribution in [3.8, 4) is 0 Å². The van der Waals surface area contributed by atoms with Crippen LogP contribution in [0.3, 0.4) is 0 Å². The molecule has 2 fully saturated rings. The Kier molecular flexibility index (Phi) is 4.00. The van der Waals surface area contributed by atoms with Crippen LogP contribution in [0.5, 0.6) is 0 Å². The van der Waals surface area contributed by atoms with Gasteiger partial charge in [0.15, 0.2) is 0 Å². The molecule has 21 heavy (non-hydrogen) atoms. The Morgan fingerprint density at radius 2 is 2.00 bits per heavy atom. The molecule has 118 valence electrons. The highest BCUT2D eigenvalue weighted by Crippen LogP contribution is 2.45. The van der Waals surface area contributed by atoms with Crippen molar-refractivity contribution >= 4 is 17.9 Å². The number of amides is 3. The lowest BCUT2D eigenvalue weighted by atomic mass is 9.82. The number of hydrogen-bond donors (Lipinski definition) is 2. The minimum absolute atomic E-state index is 0.125. The predicted molar refractivity (Wildman–Crippen MR) is 76.4 cm³/mol. The number of carbonyl (C=O) groups excluding carboxylic acids is 3. The molecular formula is C15H24N2O4. The van der Waals surface area contributed by atoms with Crippen molar-refractivity contribution in [1.82, 2.24) is 10.6 Å². The summed E-state index contributed by atoms with van der Waals surface area (Å²) >= 11 is 0. The Labute approximate surface area is 125 Å². The number of urea groups is 1. The van der Waals surface area contributed by atoms with Crippen molar-refractivity contribution < 1.29 is 19.1 Å². The molecule has 2 aliphatic rings. The molecule has 1 heterocycles. The summed E-state index contributed by atoms with van der Waals surface area (Å²) in [6.07, 6.45) is 2.68. The van der Waals surface area contributed by atoms with Crippen LogP contribution in [-0.2, 0) is 14.3 Å². The number of rotatable bonds is 5. The first-order chi connectivity index (χ1) is 9.68. The van der Waals surface area contributed by atoms with Crippen molar-refractivity contribution in [2.45, 2.75) is 64.5 Å². The molecule has 0 bridgehead atoms. The van der Waals surface area contributed by atoms with Gasteiger partial charge in [0.25, 0.3) is 5.91 Å². The van der Waals surface area contributed by atoms with E-state index in [2.05, 4.69) is 10.6 Å². The SMILES string of the molecule is CCC(CC1(C2CC2)NC(=O)NC1=O)C(=O)OC(C)(C)C. The Morgan fingerprint density at radius 1 is 1.38 bits per heavy atom. The third-order valence-electron chi connectivity index (χ3n) is 4.04. The summed E-state index contributed by atoms with van der Waals surface area (Å²) in [4.78, 5) is 36.0. The number of hydrogen-bond acceptors (Lipinski definition) is 4. The molecular weight excluding hydrogens is 272 g/mol. The second kappa shape index (κ2) is 5.31. The minimum atomic E-state index is -0.936. The summed E-state index contributed by atoms with van der Waals surface area (Å²) in [6.45, 7) is 7.35. The van der Waals surface area contributed by atoms with E-state index < -0.39 is 23.1 Å². The molecule has 0 aromatic rings. The second-order valence-corrected chi connectivity index (χ2v) is 7.00. The normalized spacial score (nSPS) is 27.0. The second-order valence-electron chi connectivity index (χ2n) is 7.00. The monoisotopic (exact) mass is 296 g/mol. The Morgan fingerprint density at radius 3 is 2.38 bits per heavy atom.